The van der Waals surface area contributed by atoms with Crippen LogP contribution >= 0.6 is 0 Å². The van der Waals surface area contributed by atoms with Gasteiger partial charge >= 0.3 is 5.69 Å². The molecule has 4 N–H and O–H groups in total. The van der Waals surface area contributed by atoms with Crippen LogP contribution in [0.25, 0.3) is 10.9 Å². The van der Waals surface area contributed by atoms with Gasteiger partial charge in [0.05, 0.1) is 6.04 Å². The number of hydrogen-bond acceptors (Lipinski definition) is 4. The number of fused-ring (bicyclic) bond motifs is 3. The van der Waals surface area contributed by atoms with Gasteiger partial charge in [-0.1, -0.05) is 31.5 Å². The molecule has 0 saturated carbocycles. The molecule has 1 aliphatic heterocycles. The first-order valence-corrected chi connectivity index (χ1v) is 9.00. The first kappa shape index (κ1) is 16.7. The first-order chi connectivity index (χ1) is 12.6. The third-order valence-corrected chi connectivity index (χ3v) is 5.09. The number of benzene rings is 1. The van der Waals surface area contributed by atoms with Crippen LogP contribution in [0.1, 0.15) is 42.6 Å². The van der Waals surface area contributed by atoms with E-state index in [1.165, 1.54) is 4.57 Å². The van der Waals surface area contributed by atoms with E-state index in [0.29, 0.717) is 13.1 Å². The number of rotatable bonds is 4. The normalized spacial score (nSPS) is 16.7. The van der Waals surface area contributed by atoms with Crippen LogP contribution in [0.5, 0.6) is 5.88 Å². The molecule has 4 rings (SSSR count). The van der Waals surface area contributed by atoms with Gasteiger partial charge in [0, 0.05) is 29.7 Å². The lowest BCUT2D eigenvalue weighted by molar-refractivity contribution is 0.378. The van der Waals surface area contributed by atoms with Gasteiger partial charge < -0.3 is 15.4 Å². The van der Waals surface area contributed by atoms with E-state index in [4.69, 9.17) is 0 Å². The first-order valence-electron chi connectivity index (χ1n) is 9.00. The highest BCUT2D eigenvalue weighted by Crippen LogP contribution is 2.34. The molecule has 7 heteroatoms. The van der Waals surface area contributed by atoms with E-state index >= 15 is 0 Å². The van der Waals surface area contributed by atoms with Crippen LogP contribution < -0.4 is 16.6 Å². The van der Waals surface area contributed by atoms with Gasteiger partial charge in [-0.25, -0.2) is 4.79 Å². The number of nitrogens with zero attached hydrogens (tertiary/aromatic N) is 1. The van der Waals surface area contributed by atoms with Crippen LogP contribution in [0.15, 0.2) is 33.9 Å². The van der Waals surface area contributed by atoms with Crippen molar-refractivity contribution in [3.05, 3.63) is 61.9 Å². The van der Waals surface area contributed by atoms with E-state index in [9.17, 15) is 14.7 Å². The van der Waals surface area contributed by atoms with Gasteiger partial charge in [0.25, 0.3) is 5.56 Å². The Morgan fingerprint density at radius 3 is 2.85 bits per heavy atom. The number of aromatic amines is 2. The van der Waals surface area contributed by atoms with Crippen molar-refractivity contribution in [1.82, 2.24) is 19.9 Å². The smallest absolute Gasteiger partial charge is 0.331 e. The number of para-hydroxylation sites is 1. The highest BCUT2D eigenvalue weighted by molar-refractivity contribution is 5.85. The third-order valence-electron chi connectivity index (χ3n) is 5.09. The van der Waals surface area contributed by atoms with E-state index in [2.05, 4.69) is 21.4 Å². The van der Waals surface area contributed by atoms with Crippen LogP contribution in [0.3, 0.4) is 0 Å². The van der Waals surface area contributed by atoms with E-state index in [1.807, 2.05) is 25.1 Å². The third kappa shape index (κ3) is 2.55. The van der Waals surface area contributed by atoms with Crippen molar-refractivity contribution in [2.45, 2.75) is 38.8 Å². The summed E-state index contributed by atoms with van der Waals surface area (Å²) in [5, 5.41) is 15.2. The Morgan fingerprint density at radius 2 is 2.04 bits per heavy atom. The Morgan fingerprint density at radius 1 is 1.23 bits per heavy atom. The van der Waals surface area contributed by atoms with E-state index in [-0.39, 0.29) is 11.4 Å². The average Bonchev–Trinajstić information content (AvgIpc) is 3.01. The molecule has 26 heavy (non-hydrogen) atoms. The number of nitrogens with one attached hydrogen (secondary N) is 3. The summed E-state index contributed by atoms with van der Waals surface area (Å²) in [4.78, 5) is 30.4. The summed E-state index contributed by atoms with van der Waals surface area (Å²) >= 11 is 0. The number of hydrogen-bond donors (Lipinski definition) is 4. The van der Waals surface area contributed by atoms with Crippen LogP contribution in [-0.2, 0) is 13.0 Å². The summed E-state index contributed by atoms with van der Waals surface area (Å²) in [7, 11) is 0. The van der Waals surface area contributed by atoms with Gasteiger partial charge in [0.1, 0.15) is 5.56 Å². The molecule has 136 valence electrons. The van der Waals surface area contributed by atoms with E-state index in [0.717, 1.165) is 41.4 Å². The lowest BCUT2D eigenvalue weighted by Crippen LogP contribution is -2.39. The molecule has 0 aliphatic carbocycles. The minimum absolute atomic E-state index is 0.188. The molecule has 3 heterocycles. The van der Waals surface area contributed by atoms with Crippen LogP contribution in [0.2, 0.25) is 0 Å². The zero-order chi connectivity index (χ0) is 18.3. The molecule has 7 nitrogen and oxygen atoms in total. The highest BCUT2D eigenvalue weighted by atomic mass is 16.3. The molecule has 2 aromatic heterocycles. The Labute approximate surface area is 149 Å². The van der Waals surface area contributed by atoms with Crippen molar-refractivity contribution in [3.8, 4) is 5.88 Å². The molecule has 3 aromatic rings. The van der Waals surface area contributed by atoms with Crippen molar-refractivity contribution in [3.63, 3.8) is 0 Å². The maximum atomic E-state index is 12.5. The Kier molecular flexibility index (Phi) is 4.16. The van der Waals surface area contributed by atoms with E-state index in [1.54, 1.807) is 0 Å². The van der Waals surface area contributed by atoms with Crippen molar-refractivity contribution in [2.24, 2.45) is 0 Å². The topological polar surface area (TPSA) is 103 Å². The zero-order valence-electron chi connectivity index (χ0n) is 14.6. The maximum absolute atomic E-state index is 12.5. The molecule has 1 atom stereocenters. The van der Waals surface area contributed by atoms with Crippen molar-refractivity contribution in [1.29, 1.82) is 0 Å². The predicted octanol–water partition coefficient (Wildman–Crippen LogP) is 1.76. The summed E-state index contributed by atoms with van der Waals surface area (Å²) in [5.74, 6) is -0.254. The van der Waals surface area contributed by atoms with Gasteiger partial charge in [0.15, 0.2) is 0 Å². The summed E-state index contributed by atoms with van der Waals surface area (Å²) in [6.07, 6.45) is 2.47. The number of unbranched alkanes of at least 4 members (excludes halogenated alkanes) is 1. The zero-order valence-corrected chi connectivity index (χ0v) is 14.6. The molecule has 1 aromatic carbocycles. The molecule has 1 unspecified atom stereocenters. The lowest BCUT2D eigenvalue weighted by Gasteiger charge is -2.25. The average molecular weight is 354 g/mol. The molecule has 0 bridgehead atoms. The fourth-order valence-electron chi connectivity index (χ4n) is 3.79. The molecule has 0 amide bonds. The molecule has 0 fully saturated rings. The minimum Gasteiger partial charge on any atom is -0.494 e. The van der Waals surface area contributed by atoms with Gasteiger partial charge in [-0.2, -0.15) is 0 Å². The fourth-order valence-corrected chi connectivity index (χ4v) is 3.79. The van der Waals surface area contributed by atoms with Crippen LogP contribution in [0.4, 0.5) is 0 Å². The van der Waals surface area contributed by atoms with Crippen molar-refractivity contribution >= 4 is 10.9 Å². The Bertz CT molecular complexity index is 1080. The molecular weight excluding hydrogens is 332 g/mol. The standard InChI is InChI=1S/C19H22N4O3/c1-2-3-10-23-18(25)14(17(24)22-19(23)26)16-15-12(8-9-20-16)11-6-4-5-7-13(11)21-15/h4-7,16,20-21,25H,2-3,8-10H2,1H3,(H,22,24,26). The lowest BCUT2D eigenvalue weighted by atomic mass is 9.95. The predicted molar refractivity (Wildman–Crippen MR) is 99.7 cm³/mol. The Hall–Kier alpha value is -2.80. The van der Waals surface area contributed by atoms with E-state index < -0.39 is 17.3 Å². The second-order valence-electron chi connectivity index (χ2n) is 6.70. The van der Waals surface area contributed by atoms with Crippen LogP contribution in [0, 0.1) is 0 Å². The van der Waals surface area contributed by atoms with Crippen LogP contribution in [-0.4, -0.2) is 26.2 Å². The monoisotopic (exact) mass is 354 g/mol. The van der Waals surface area contributed by atoms with Gasteiger partial charge in [-0.05, 0) is 24.5 Å². The second kappa shape index (κ2) is 6.49. The second-order valence-corrected chi connectivity index (χ2v) is 6.70. The largest absolute Gasteiger partial charge is 0.494 e. The maximum Gasteiger partial charge on any atom is 0.331 e. The van der Waals surface area contributed by atoms with Crippen molar-refractivity contribution < 1.29 is 5.11 Å². The number of aromatic hydroxyl groups is 1. The quantitative estimate of drug-likeness (QED) is 0.573. The summed E-state index contributed by atoms with van der Waals surface area (Å²) < 4.78 is 1.25. The SMILES string of the molecule is CCCCn1c(O)c(C2NCCc3c2[nH]c2ccccc32)c(=O)[nH]c1=O. The van der Waals surface area contributed by atoms with Crippen molar-refractivity contribution in [2.75, 3.05) is 6.54 Å². The molecule has 0 saturated heterocycles. The number of H-pyrrole nitrogens is 2. The fraction of sp³-hybridized carbons (Fsp3) is 0.368. The van der Waals surface area contributed by atoms with Gasteiger partial charge in [-0.15, -0.1) is 0 Å². The summed E-state index contributed by atoms with van der Waals surface area (Å²) in [6, 6.07) is 7.52. The highest BCUT2D eigenvalue weighted by Gasteiger charge is 2.30. The number of aromatic nitrogens is 3. The molecular formula is C19H22N4O3. The summed E-state index contributed by atoms with van der Waals surface area (Å²) in [5.41, 5.74) is 2.09. The molecule has 0 radical (unpaired) electrons. The molecule has 1 aliphatic rings. The van der Waals surface area contributed by atoms with Gasteiger partial charge in [-0.3, -0.25) is 14.3 Å². The van der Waals surface area contributed by atoms with Gasteiger partial charge in [0.2, 0.25) is 5.88 Å². The summed E-state index contributed by atoms with van der Waals surface area (Å²) in [6.45, 7) is 3.07. The minimum atomic E-state index is -0.572. The Balaban J connectivity index is 1.90. The molecule has 0 spiro atoms.